The Morgan fingerprint density at radius 2 is 1.80 bits per heavy atom. The fraction of sp³-hybridized carbons (Fsp3) is 0.261. The van der Waals surface area contributed by atoms with Crippen molar-refractivity contribution in [3.63, 3.8) is 0 Å². The number of rotatable bonds is 6. The number of anilines is 1. The van der Waals surface area contributed by atoms with E-state index in [4.69, 9.17) is 4.74 Å². The van der Waals surface area contributed by atoms with Crippen LogP contribution in [-0.4, -0.2) is 35.3 Å². The molecule has 0 radical (unpaired) electrons. The van der Waals surface area contributed by atoms with E-state index in [-0.39, 0.29) is 5.56 Å². The van der Waals surface area contributed by atoms with Gasteiger partial charge >= 0.3 is 0 Å². The highest BCUT2D eigenvalue weighted by Crippen LogP contribution is 2.21. The predicted octanol–water partition coefficient (Wildman–Crippen LogP) is 3.47. The van der Waals surface area contributed by atoms with Crippen molar-refractivity contribution >= 4 is 28.1 Å². The van der Waals surface area contributed by atoms with Crippen LogP contribution in [0.3, 0.4) is 0 Å². The minimum absolute atomic E-state index is 0.151. The Bertz CT molecular complexity index is 1260. The molecule has 4 aromatic rings. The summed E-state index contributed by atoms with van der Waals surface area (Å²) in [6, 6.07) is 15.7. The Morgan fingerprint density at radius 3 is 2.40 bits per heavy atom. The monoisotopic (exact) mass is 420 g/mol. The van der Waals surface area contributed by atoms with E-state index >= 15 is 0 Å². The molecule has 2 aromatic carbocycles. The van der Waals surface area contributed by atoms with Crippen molar-refractivity contribution in [2.24, 2.45) is 5.92 Å². The SMILES string of the molecule is CC(C)COc1ccc(-c2nc3s/c(=C/c4ccc(N(C)C)cc4)c(=O)n3n2)cc1. The van der Waals surface area contributed by atoms with Gasteiger partial charge in [-0.1, -0.05) is 37.3 Å². The Labute approximate surface area is 179 Å². The molecule has 2 aromatic heterocycles. The molecular formula is C23H24N4O2S. The lowest BCUT2D eigenvalue weighted by Crippen LogP contribution is -2.23. The summed E-state index contributed by atoms with van der Waals surface area (Å²) in [5.74, 6) is 1.82. The number of aromatic nitrogens is 3. The number of hydrogen-bond acceptors (Lipinski definition) is 6. The van der Waals surface area contributed by atoms with E-state index in [2.05, 4.69) is 23.9 Å². The average molecular weight is 421 g/mol. The van der Waals surface area contributed by atoms with Crippen LogP contribution in [0.15, 0.2) is 53.3 Å². The highest BCUT2D eigenvalue weighted by atomic mass is 32.1. The van der Waals surface area contributed by atoms with Crippen molar-refractivity contribution < 1.29 is 4.74 Å². The van der Waals surface area contributed by atoms with Gasteiger partial charge in [0, 0.05) is 25.3 Å². The Kier molecular flexibility index (Phi) is 5.55. The summed E-state index contributed by atoms with van der Waals surface area (Å²) >= 11 is 1.35. The van der Waals surface area contributed by atoms with Crippen LogP contribution >= 0.6 is 11.3 Å². The van der Waals surface area contributed by atoms with E-state index in [1.54, 1.807) is 0 Å². The number of ether oxygens (including phenoxy) is 1. The summed E-state index contributed by atoms with van der Waals surface area (Å²) in [5, 5.41) is 4.42. The van der Waals surface area contributed by atoms with Gasteiger partial charge < -0.3 is 9.64 Å². The Hall–Kier alpha value is -3.19. The van der Waals surface area contributed by atoms with Gasteiger partial charge in [-0.15, -0.1) is 5.10 Å². The minimum atomic E-state index is -0.151. The van der Waals surface area contributed by atoms with Gasteiger partial charge in [-0.25, -0.2) is 0 Å². The largest absolute Gasteiger partial charge is 0.493 e. The molecule has 0 aliphatic rings. The zero-order chi connectivity index (χ0) is 21.3. The van der Waals surface area contributed by atoms with Crippen LogP contribution in [0.25, 0.3) is 22.4 Å². The van der Waals surface area contributed by atoms with Crippen LogP contribution in [0.2, 0.25) is 0 Å². The first-order chi connectivity index (χ1) is 14.4. The fourth-order valence-electron chi connectivity index (χ4n) is 2.94. The van der Waals surface area contributed by atoms with Gasteiger partial charge in [0.2, 0.25) is 4.96 Å². The van der Waals surface area contributed by atoms with Crippen molar-refractivity contribution in [1.29, 1.82) is 0 Å². The summed E-state index contributed by atoms with van der Waals surface area (Å²) < 4.78 is 7.71. The highest BCUT2D eigenvalue weighted by molar-refractivity contribution is 7.15. The molecule has 0 amide bonds. The molecule has 154 valence electrons. The summed E-state index contributed by atoms with van der Waals surface area (Å²) in [6.07, 6.45) is 1.88. The molecule has 6 nitrogen and oxygen atoms in total. The van der Waals surface area contributed by atoms with E-state index in [1.807, 2.05) is 73.6 Å². The predicted molar refractivity (Wildman–Crippen MR) is 122 cm³/mol. The van der Waals surface area contributed by atoms with Gasteiger partial charge in [0.1, 0.15) is 5.75 Å². The standard InChI is InChI=1S/C23H24N4O2S/c1-15(2)14-29-19-11-7-17(8-12-19)21-24-23-27(25-21)22(28)20(30-23)13-16-5-9-18(10-6-16)26(3)4/h5-13,15H,14H2,1-4H3/b20-13+. The second-order valence-corrected chi connectivity index (χ2v) is 8.77. The maximum atomic E-state index is 12.8. The van der Waals surface area contributed by atoms with Crippen LogP contribution in [0.4, 0.5) is 5.69 Å². The van der Waals surface area contributed by atoms with E-state index in [0.29, 0.717) is 27.8 Å². The topological polar surface area (TPSA) is 59.7 Å². The molecule has 0 bridgehead atoms. The Balaban J connectivity index is 1.60. The summed E-state index contributed by atoms with van der Waals surface area (Å²) in [7, 11) is 4.00. The third-order valence-electron chi connectivity index (χ3n) is 4.58. The average Bonchev–Trinajstić information content (AvgIpc) is 3.27. The maximum absolute atomic E-state index is 12.8. The van der Waals surface area contributed by atoms with Gasteiger partial charge in [-0.3, -0.25) is 4.79 Å². The molecule has 0 aliphatic heterocycles. The van der Waals surface area contributed by atoms with Gasteiger partial charge in [-0.2, -0.15) is 9.50 Å². The summed E-state index contributed by atoms with van der Waals surface area (Å²) in [4.78, 5) is 19.9. The van der Waals surface area contributed by atoms with Crippen LogP contribution < -0.4 is 19.7 Å². The molecule has 0 fully saturated rings. The molecule has 0 saturated carbocycles. The van der Waals surface area contributed by atoms with Gasteiger partial charge in [-0.05, 0) is 54.0 Å². The van der Waals surface area contributed by atoms with Crippen molar-refractivity contribution in [3.8, 4) is 17.1 Å². The van der Waals surface area contributed by atoms with Crippen LogP contribution in [0.5, 0.6) is 5.75 Å². The first-order valence-electron chi connectivity index (χ1n) is 9.82. The number of nitrogens with zero attached hydrogens (tertiary/aromatic N) is 4. The van der Waals surface area contributed by atoms with E-state index in [1.165, 1.54) is 15.9 Å². The number of thiazole rings is 1. The van der Waals surface area contributed by atoms with Crippen molar-refractivity contribution in [3.05, 3.63) is 69.0 Å². The van der Waals surface area contributed by atoms with Crippen LogP contribution in [-0.2, 0) is 0 Å². The molecule has 4 rings (SSSR count). The second-order valence-electron chi connectivity index (χ2n) is 7.76. The van der Waals surface area contributed by atoms with Crippen molar-refractivity contribution in [2.45, 2.75) is 13.8 Å². The molecule has 7 heteroatoms. The lowest BCUT2D eigenvalue weighted by molar-refractivity contribution is 0.271. The summed E-state index contributed by atoms with van der Waals surface area (Å²) in [6.45, 7) is 4.90. The van der Waals surface area contributed by atoms with Crippen molar-refractivity contribution in [2.75, 3.05) is 25.6 Å². The van der Waals surface area contributed by atoms with Gasteiger partial charge in [0.15, 0.2) is 5.82 Å². The molecule has 0 N–H and O–H groups in total. The van der Waals surface area contributed by atoms with E-state index < -0.39 is 0 Å². The number of hydrogen-bond donors (Lipinski definition) is 0. The number of fused-ring (bicyclic) bond motifs is 1. The third kappa shape index (κ3) is 4.21. The fourth-order valence-corrected chi connectivity index (χ4v) is 3.85. The normalized spacial score (nSPS) is 12.1. The zero-order valence-corrected chi connectivity index (χ0v) is 18.3. The minimum Gasteiger partial charge on any atom is -0.493 e. The smallest absolute Gasteiger partial charge is 0.291 e. The van der Waals surface area contributed by atoms with Crippen LogP contribution in [0, 0.1) is 5.92 Å². The molecular weight excluding hydrogens is 396 g/mol. The first kappa shape index (κ1) is 20.1. The Morgan fingerprint density at radius 1 is 1.10 bits per heavy atom. The third-order valence-corrected chi connectivity index (χ3v) is 5.54. The molecule has 0 spiro atoms. The maximum Gasteiger partial charge on any atom is 0.291 e. The number of benzene rings is 2. The molecule has 0 atom stereocenters. The lowest BCUT2D eigenvalue weighted by atomic mass is 10.2. The lowest BCUT2D eigenvalue weighted by Gasteiger charge is -2.11. The van der Waals surface area contributed by atoms with Gasteiger partial charge in [0.05, 0.1) is 11.1 Å². The quantitative estimate of drug-likeness (QED) is 0.478. The van der Waals surface area contributed by atoms with E-state index in [0.717, 1.165) is 22.6 Å². The molecule has 0 saturated heterocycles. The van der Waals surface area contributed by atoms with Crippen molar-refractivity contribution in [1.82, 2.24) is 14.6 Å². The zero-order valence-electron chi connectivity index (χ0n) is 17.5. The highest BCUT2D eigenvalue weighted by Gasteiger charge is 2.12. The molecule has 30 heavy (non-hydrogen) atoms. The van der Waals surface area contributed by atoms with E-state index in [9.17, 15) is 4.79 Å². The van der Waals surface area contributed by atoms with Gasteiger partial charge in [0.25, 0.3) is 5.56 Å². The summed E-state index contributed by atoms with van der Waals surface area (Å²) in [5.41, 5.74) is 2.79. The molecule has 2 heterocycles. The molecule has 0 aliphatic carbocycles. The second kappa shape index (κ2) is 8.28. The van der Waals surface area contributed by atoms with Crippen LogP contribution in [0.1, 0.15) is 19.4 Å². The first-order valence-corrected chi connectivity index (χ1v) is 10.6. The molecule has 0 unspecified atom stereocenters.